The first-order valence-electron chi connectivity index (χ1n) is 14.4. The Morgan fingerprint density at radius 1 is 0.825 bits per heavy atom. The zero-order chi connectivity index (χ0) is 27.7. The van der Waals surface area contributed by atoms with E-state index < -0.39 is 0 Å². The molecule has 0 bridgehead atoms. The predicted octanol–water partition coefficient (Wildman–Crippen LogP) is 4.99. The normalized spacial score (nSPS) is 16.5. The topological polar surface area (TPSA) is 78.0 Å². The Bertz CT molecular complexity index is 1260. The largest absolute Gasteiger partial charge is 0.415 e. The van der Waals surface area contributed by atoms with Gasteiger partial charge in [-0.2, -0.15) is 0 Å². The van der Waals surface area contributed by atoms with Gasteiger partial charge in [-0.05, 0) is 86.9 Å². The molecule has 0 radical (unpaired) electrons. The van der Waals surface area contributed by atoms with Gasteiger partial charge in [0.05, 0.1) is 0 Å². The van der Waals surface area contributed by atoms with Gasteiger partial charge in [0.25, 0.3) is 5.91 Å². The lowest BCUT2D eigenvalue weighted by Crippen LogP contribution is -2.49. The van der Waals surface area contributed by atoms with Crippen molar-refractivity contribution in [3.8, 4) is 5.75 Å². The molecule has 8 heteroatoms. The maximum Gasteiger partial charge on any atom is 0.415 e. The van der Waals surface area contributed by atoms with Crippen LogP contribution in [-0.4, -0.2) is 77.5 Å². The summed E-state index contributed by atoms with van der Waals surface area (Å²) in [5.41, 5.74) is 4.63. The van der Waals surface area contributed by atoms with Crippen molar-refractivity contribution in [2.24, 2.45) is 0 Å². The molecule has 5 rings (SSSR count). The molecule has 40 heavy (non-hydrogen) atoms. The summed E-state index contributed by atoms with van der Waals surface area (Å²) in [4.78, 5) is 36.6. The third-order valence-corrected chi connectivity index (χ3v) is 7.65. The highest BCUT2D eigenvalue weighted by atomic mass is 16.6. The van der Waals surface area contributed by atoms with Crippen LogP contribution < -0.4 is 10.1 Å². The van der Waals surface area contributed by atoms with Gasteiger partial charge in [-0.15, -0.1) is 0 Å². The zero-order valence-electron chi connectivity index (χ0n) is 23.3. The Kier molecular flexibility index (Phi) is 9.42. The van der Waals surface area contributed by atoms with E-state index in [1.807, 2.05) is 43.3 Å². The highest BCUT2D eigenvalue weighted by molar-refractivity contribution is 6.04. The molecule has 0 spiro atoms. The molecular weight excluding hydrogens is 502 g/mol. The van der Waals surface area contributed by atoms with E-state index in [4.69, 9.17) is 4.74 Å². The maximum absolute atomic E-state index is 12.7. The first kappa shape index (κ1) is 27.8. The molecule has 3 aromatic rings. The fourth-order valence-corrected chi connectivity index (χ4v) is 5.28. The SMILES string of the molecule is Cc1cccc(CCN2CCN(C(=O)Oc3ccc(NC(=O)c4ccc(CN5CCCCC5)cc4)cc3)CC2)n1. The Morgan fingerprint density at radius 3 is 2.25 bits per heavy atom. The van der Waals surface area contributed by atoms with Gasteiger partial charge >= 0.3 is 6.09 Å². The number of amides is 2. The number of ether oxygens (including phenoxy) is 1. The summed E-state index contributed by atoms with van der Waals surface area (Å²) in [5.74, 6) is 0.295. The number of hydrogen-bond donors (Lipinski definition) is 1. The number of rotatable bonds is 8. The van der Waals surface area contributed by atoms with E-state index >= 15 is 0 Å². The predicted molar refractivity (Wildman–Crippen MR) is 157 cm³/mol. The Hall–Kier alpha value is -3.75. The van der Waals surface area contributed by atoms with E-state index in [1.54, 1.807) is 29.2 Å². The quantitative estimate of drug-likeness (QED) is 0.433. The molecule has 0 saturated carbocycles. The molecule has 2 aliphatic rings. The molecule has 2 amide bonds. The average Bonchev–Trinajstić information content (AvgIpc) is 2.98. The van der Waals surface area contributed by atoms with Gasteiger partial charge in [-0.25, -0.2) is 4.79 Å². The first-order chi connectivity index (χ1) is 19.5. The molecule has 1 N–H and O–H groups in total. The molecule has 0 unspecified atom stereocenters. The lowest BCUT2D eigenvalue weighted by atomic mass is 10.1. The van der Waals surface area contributed by atoms with E-state index in [9.17, 15) is 9.59 Å². The van der Waals surface area contributed by atoms with E-state index in [-0.39, 0.29) is 12.0 Å². The fraction of sp³-hybridized carbons (Fsp3) is 0.406. The molecule has 2 aromatic carbocycles. The number of carbonyl (C=O) groups is 2. The molecule has 1 aromatic heterocycles. The van der Waals surface area contributed by atoms with E-state index in [1.165, 1.54) is 24.8 Å². The first-order valence-corrected chi connectivity index (χ1v) is 14.4. The molecule has 210 valence electrons. The van der Waals surface area contributed by atoms with Crippen LogP contribution in [0, 0.1) is 6.92 Å². The smallest absolute Gasteiger partial charge is 0.410 e. The molecule has 8 nitrogen and oxygen atoms in total. The number of piperazine rings is 1. The lowest BCUT2D eigenvalue weighted by Gasteiger charge is -2.33. The number of aromatic nitrogens is 1. The molecule has 2 fully saturated rings. The van der Waals surface area contributed by atoms with E-state index in [2.05, 4.69) is 26.2 Å². The molecule has 2 saturated heterocycles. The number of hydrogen-bond acceptors (Lipinski definition) is 6. The number of likely N-dealkylation sites (tertiary alicyclic amines) is 1. The monoisotopic (exact) mass is 541 g/mol. The number of benzene rings is 2. The number of pyridine rings is 1. The summed E-state index contributed by atoms with van der Waals surface area (Å²) in [5, 5.41) is 2.92. The highest BCUT2D eigenvalue weighted by Gasteiger charge is 2.22. The minimum Gasteiger partial charge on any atom is -0.410 e. The minimum atomic E-state index is -0.346. The molecule has 0 atom stereocenters. The number of nitrogens with zero attached hydrogens (tertiary/aromatic N) is 4. The maximum atomic E-state index is 12.7. The number of anilines is 1. The van der Waals surface area contributed by atoms with Gasteiger partial charge < -0.3 is 15.0 Å². The van der Waals surface area contributed by atoms with Crippen LogP contribution in [0.1, 0.15) is 46.6 Å². The van der Waals surface area contributed by atoms with Gasteiger partial charge in [-0.1, -0.05) is 24.6 Å². The summed E-state index contributed by atoms with van der Waals surface area (Å²) in [7, 11) is 0. The number of nitrogens with one attached hydrogen (secondary N) is 1. The van der Waals surface area contributed by atoms with Crippen LogP contribution >= 0.6 is 0 Å². The highest BCUT2D eigenvalue weighted by Crippen LogP contribution is 2.19. The van der Waals surface area contributed by atoms with Crippen molar-refractivity contribution < 1.29 is 14.3 Å². The summed E-state index contributed by atoms with van der Waals surface area (Å²) in [6.45, 7) is 9.05. The second-order valence-electron chi connectivity index (χ2n) is 10.7. The summed E-state index contributed by atoms with van der Waals surface area (Å²) in [6.07, 6.45) is 4.41. The Balaban J connectivity index is 1.04. The Labute approximate surface area is 236 Å². The van der Waals surface area contributed by atoms with Gasteiger partial charge in [-0.3, -0.25) is 19.6 Å². The summed E-state index contributed by atoms with van der Waals surface area (Å²) >= 11 is 0. The number of aryl methyl sites for hydroxylation is 1. The lowest BCUT2D eigenvalue weighted by molar-refractivity contribution is 0.102. The fourth-order valence-electron chi connectivity index (χ4n) is 5.28. The second-order valence-corrected chi connectivity index (χ2v) is 10.7. The van der Waals surface area contributed by atoms with Crippen LogP contribution in [0.15, 0.2) is 66.7 Å². The second kappa shape index (κ2) is 13.5. The molecule has 3 heterocycles. The zero-order valence-corrected chi connectivity index (χ0v) is 23.3. The van der Waals surface area contributed by atoms with Crippen LogP contribution in [0.5, 0.6) is 5.75 Å². The van der Waals surface area contributed by atoms with Crippen LogP contribution in [-0.2, 0) is 13.0 Å². The van der Waals surface area contributed by atoms with Crippen molar-refractivity contribution in [1.82, 2.24) is 19.7 Å². The molecule has 0 aliphatic carbocycles. The van der Waals surface area contributed by atoms with Crippen molar-refractivity contribution in [2.75, 3.05) is 51.1 Å². The van der Waals surface area contributed by atoms with Gasteiger partial charge in [0, 0.05) is 68.3 Å². The summed E-state index contributed by atoms with van der Waals surface area (Å²) in [6, 6.07) is 20.9. The number of piperidine rings is 1. The van der Waals surface area contributed by atoms with Crippen LogP contribution in [0.4, 0.5) is 10.5 Å². The summed E-state index contributed by atoms with van der Waals surface area (Å²) < 4.78 is 5.59. The van der Waals surface area contributed by atoms with Gasteiger partial charge in [0.1, 0.15) is 5.75 Å². The molecule has 2 aliphatic heterocycles. The molecular formula is C32H39N5O3. The third-order valence-electron chi connectivity index (χ3n) is 7.65. The van der Waals surface area contributed by atoms with Gasteiger partial charge in [0.2, 0.25) is 0 Å². The van der Waals surface area contributed by atoms with Crippen molar-refractivity contribution in [1.29, 1.82) is 0 Å². The van der Waals surface area contributed by atoms with Crippen molar-refractivity contribution in [3.63, 3.8) is 0 Å². The van der Waals surface area contributed by atoms with Gasteiger partial charge in [0.15, 0.2) is 0 Å². The number of carbonyl (C=O) groups excluding carboxylic acids is 2. The van der Waals surface area contributed by atoms with Crippen LogP contribution in [0.25, 0.3) is 0 Å². The van der Waals surface area contributed by atoms with E-state index in [0.717, 1.165) is 57.1 Å². The third kappa shape index (κ3) is 7.90. The van der Waals surface area contributed by atoms with Crippen molar-refractivity contribution in [3.05, 3.63) is 89.2 Å². The van der Waals surface area contributed by atoms with Crippen molar-refractivity contribution in [2.45, 2.75) is 39.2 Å². The van der Waals surface area contributed by atoms with E-state index in [0.29, 0.717) is 30.1 Å². The van der Waals surface area contributed by atoms with Crippen molar-refractivity contribution >= 4 is 17.7 Å². The van der Waals surface area contributed by atoms with Crippen LogP contribution in [0.3, 0.4) is 0 Å². The minimum absolute atomic E-state index is 0.162. The Morgan fingerprint density at radius 2 is 1.55 bits per heavy atom. The standard InChI is InChI=1S/C32H39N5O3/c1-25-6-5-7-28(33-25)16-19-35-20-22-37(23-21-35)32(39)40-30-14-12-29(13-15-30)34-31(38)27-10-8-26(9-11-27)24-36-17-3-2-4-18-36/h5-15H,2-4,16-24H2,1H3,(H,34,38). The average molecular weight is 542 g/mol. The van der Waals surface area contributed by atoms with Crippen LogP contribution in [0.2, 0.25) is 0 Å².